The summed E-state index contributed by atoms with van der Waals surface area (Å²) in [6.45, 7) is 6.20. The molecule has 0 bridgehead atoms. The van der Waals surface area contributed by atoms with E-state index in [1.807, 2.05) is 12.1 Å². The van der Waals surface area contributed by atoms with Gasteiger partial charge in [0.15, 0.2) is 0 Å². The van der Waals surface area contributed by atoms with E-state index in [-0.39, 0.29) is 24.8 Å². The first-order valence-corrected chi connectivity index (χ1v) is 11.8. The predicted octanol–water partition coefficient (Wildman–Crippen LogP) is 4.07. The molecule has 5 nitrogen and oxygen atoms in total. The van der Waals surface area contributed by atoms with Gasteiger partial charge in [-0.1, -0.05) is 42.5 Å². The van der Waals surface area contributed by atoms with Crippen molar-refractivity contribution in [2.45, 2.75) is 50.3 Å². The maximum absolute atomic E-state index is 10.5. The molecular formula is C26H39Cl2N3O2. The fourth-order valence-electron chi connectivity index (χ4n) is 4.78. The van der Waals surface area contributed by atoms with Crippen LogP contribution in [0.15, 0.2) is 54.6 Å². The number of piperidine rings is 2. The molecule has 7 heteroatoms. The van der Waals surface area contributed by atoms with Crippen LogP contribution in [0, 0.1) is 0 Å². The first-order chi connectivity index (χ1) is 15.2. The van der Waals surface area contributed by atoms with Crippen molar-refractivity contribution in [3.8, 4) is 5.75 Å². The molecule has 1 atom stereocenters. The number of aliphatic hydroxyl groups excluding tert-OH is 1. The first kappa shape index (κ1) is 27.9. The Kier molecular flexibility index (Phi) is 12.0. The Morgan fingerprint density at radius 3 is 2.09 bits per heavy atom. The molecule has 0 radical (unpaired) electrons. The molecule has 2 aromatic rings. The molecule has 33 heavy (non-hydrogen) atoms. The van der Waals surface area contributed by atoms with E-state index in [9.17, 15) is 5.11 Å². The minimum Gasteiger partial charge on any atom is -0.491 e. The van der Waals surface area contributed by atoms with Crippen LogP contribution in [-0.4, -0.2) is 66.4 Å². The Labute approximate surface area is 211 Å². The molecule has 184 valence electrons. The zero-order valence-corrected chi connectivity index (χ0v) is 21.0. The van der Waals surface area contributed by atoms with Crippen molar-refractivity contribution < 1.29 is 9.84 Å². The van der Waals surface area contributed by atoms with Crippen molar-refractivity contribution in [2.75, 3.05) is 39.3 Å². The molecule has 2 aliphatic rings. The molecule has 0 saturated carbocycles. The molecule has 2 heterocycles. The lowest BCUT2D eigenvalue weighted by molar-refractivity contribution is 0.0594. The predicted molar refractivity (Wildman–Crippen MR) is 140 cm³/mol. The van der Waals surface area contributed by atoms with Gasteiger partial charge < -0.3 is 20.5 Å². The standard InChI is InChI=1S/C26H37N3O2.2ClH/c27-24-12-16-28(17-13-24)18-21-6-8-26(9-7-21)31-20-25(30)19-29-14-10-23(11-15-29)22-4-2-1-3-5-22;;/h1-9,23-25,30H,10-20,27H2;2*1H. The molecule has 1 unspecified atom stereocenters. The minimum atomic E-state index is -0.467. The summed E-state index contributed by atoms with van der Waals surface area (Å²) in [6, 6.07) is 19.5. The van der Waals surface area contributed by atoms with Crippen LogP contribution in [-0.2, 0) is 6.54 Å². The number of hydrogen-bond donors (Lipinski definition) is 2. The lowest BCUT2D eigenvalue weighted by Crippen LogP contribution is -2.40. The highest BCUT2D eigenvalue weighted by atomic mass is 35.5. The van der Waals surface area contributed by atoms with Gasteiger partial charge in [0, 0.05) is 19.1 Å². The van der Waals surface area contributed by atoms with E-state index in [2.05, 4.69) is 52.3 Å². The molecule has 0 aliphatic carbocycles. The fourth-order valence-corrected chi connectivity index (χ4v) is 4.78. The summed E-state index contributed by atoms with van der Waals surface area (Å²) in [5, 5.41) is 10.5. The zero-order valence-electron chi connectivity index (χ0n) is 19.4. The van der Waals surface area contributed by atoms with Crippen LogP contribution < -0.4 is 10.5 Å². The fraction of sp³-hybridized carbons (Fsp3) is 0.538. The number of aliphatic hydroxyl groups is 1. The van der Waals surface area contributed by atoms with Gasteiger partial charge in [0.25, 0.3) is 0 Å². The Morgan fingerprint density at radius 2 is 1.45 bits per heavy atom. The summed E-state index contributed by atoms with van der Waals surface area (Å²) in [6.07, 6.45) is 4.02. The SMILES string of the molecule is Cl.Cl.NC1CCN(Cc2ccc(OCC(O)CN3CCC(c4ccccc4)CC3)cc2)CC1. The van der Waals surface area contributed by atoms with Gasteiger partial charge in [-0.15, -0.1) is 24.8 Å². The smallest absolute Gasteiger partial charge is 0.119 e. The topological polar surface area (TPSA) is 62.0 Å². The number of ether oxygens (including phenoxy) is 1. The Balaban J connectivity index is 0.00000193. The van der Waals surface area contributed by atoms with E-state index in [4.69, 9.17) is 10.5 Å². The van der Waals surface area contributed by atoms with Crippen LogP contribution in [0.4, 0.5) is 0 Å². The molecule has 2 fully saturated rings. The third-order valence-electron chi connectivity index (χ3n) is 6.73. The summed E-state index contributed by atoms with van der Waals surface area (Å²) < 4.78 is 5.85. The minimum absolute atomic E-state index is 0. The van der Waals surface area contributed by atoms with Gasteiger partial charge in [-0.3, -0.25) is 4.90 Å². The summed E-state index contributed by atoms with van der Waals surface area (Å²) in [5.74, 6) is 1.47. The van der Waals surface area contributed by atoms with Crippen molar-refractivity contribution >= 4 is 24.8 Å². The van der Waals surface area contributed by atoms with Gasteiger partial charge in [-0.2, -0.15) is 0 Å². The van der Waals surface area contributed by atoms with Gasteiger partial charge in [-0.25, -0.2) is 0 Å². The maximum Gasteiger partial charge on any atom is 0.119 e. The lowest BCUT2D eigenvalue weighted by Gasteiger charge is -2.33. The summed E-state index contributed by atoms with van der Waals surface area (Å²) >= 11 is 0. The number of likely N-dealkylation sites (tertiary alicyclic amines) is 2. The number of nitrogens with two attached hydrogens (primary N) is 1. The number of β-amino-alcohol motifs (C(OH)–C–C–N with tert-alkyl or cyclic N) is 1. The van der Waals surface area contributed by atoms with Crippen molar-refractivity contribution in [3.63, 3.8) is 0 Å². The van der Waals surface area contributed by atoms with Crippen LogP contribution in [0.5, 0.6) is 5.75 Å². The van der Waals surface area contributed by atoms with E-state index < -0.39 is 6.10 Å². The Bertz CT molecular complexity index is 778. The second-order valence-corrected chi connectivity index (χ2v) is 9.21. The molecule has 2 saturated heterocycles. The highest BCUT2D eigenvalue weighted by molar-refractivity contribution is 5.85. The highest BCUT2D eigenvalue weighted by Gasteiger charge is 2.22. The maximum atomic E-state index is 10.5. The zero-order chi connectivity index (χ0) is 21.5. The Morgan fingerprint density at radius 1 is 0.848 bits per heavy atom. The second-order valence-electron chi connectivity index (χ2n) is 9.21. The average molecular weight is 497 g/mol. The van der Waals surface area contributed by atoms with Crippen molar-refractivity contribution in [2.24, 2.45) is 5.73 Å². The number of benzene rings is 2. The average Bonchev–Trinajstić information content (AvgIpc) is 2.81. The molecule has 0 spiro atoms. The van der Waals surface area contributed by atoms with E-state index in [0.29, 0.717) is 25.1 Å². The van der Waals surface area contributed by atoms with Gasteiger partial charge in [-0.05, 0) is 81.0 Å². The third kappa shape index (κ3) is 8.75. The third-order valence-corrected chi connectivity index (χ3v) is 6.73. The molecular weight excluding hydrogens is 457 g/mol. The van der Waals surface area contributed by atoms with Gasteiger partial charge in [0.05, 0.1) is 0 Å². The van der Waals surface area contributed by atoms with Gasteiger partial charge >= 0.3 is 0 Å². The number of nitrogens with zero attached hydrogens (tertiary/aromatic N) is 2. The molecule has 2 aromatic carbocycles. The van der Waals surface area contributed by atoms with Gasteiger partial charge in [0.2, 0.25) is 0 Å². The lowest BCUT2D eigenvalue weighted by atomic mass is 9.89. The molecule has 0 aromatic heterocycles. The van der Waals surface area contributed by atoms with Crippen molar-refractivity contribution in [1.82, 2.24) is 9.80 Å². The number of halogens is 2. The molecule has 3 N–H and O–H groups in total. The van der Waals surface area contributed by atoms with Crippen molar-refractivity contribution in [1.29, 1.82) is 0 Å². The first-order valence-electron chi connectivity index (χ1n) is 11.8. The Hall–Kier alpha value is -1.34. The molecule has 4 rings (SSSR count). The van der Waals surface area contributed by atoms with Crippen LogP contribution in [0.3, 0.4) is 0 Å². The summed E-state index contributed by atoms with van der Waals surface area (Å²) in [7, 11) is 0. The van der Waals surface area contributed by atoms with E-state index >= 15 is 0 Å². The quantitative estimate of drug-likeness (QED) is 0.577. The van der Waals surface area contributed by atoms with Crippen LogP contribution >= 0.6 is 24.8 Å². The summed E-state index contributed by atoms with van der Waals surface area (Å²) in [4.78, 5) is 4.82. The number of rotatable bonds is 8. The van der Waals surface area contributed by atoms with Gasteiger partial charge in [0.1, 0.15) is 18.5 Å². The monoisotopic (exact) mass is 495 g/mol. The van der Waals surface area contributed by atoms with Crippen molar-refractivity contribution in [3.05, 3.63) is 65.7 Å². The van der Waals surface area contributed by atoms with Crippen LogP contribution in [0.2, 0.25) is 0 Å². The molecule has 2 aliphatic heterocycles. The normalized spacial score (nSPS) is 19.3. The largest absolute Gasteiger partial charge is 0.491 e. The second kappa shape index (κ2) is 14.1. The highest BCUT2D eigenvalue weighted by Crippen LogP contribution is 2.27. The van der Waals surface area contributed by atoms with Crippen LogP contribution in [0.1, 0.15) is 42.7 Å². The number of hydrogen-bond acceptors (Lipinski definition) is 5. The van der Waals surface area contributed by atoms with Crippen LogP contribution in [0.25, 0.3) is 0 Å². The van der Waals surface area contributed by atoms with E-state index in [0.717, 1.165) is 64.2 Å². The molecule has 0 amide bonds. The summed E-state index contributed by atoms with van der Waals surface area (Å²) in [5.41, 5.74) is 8.73. The van der Waals surface area contributed by atoms with E-state index in [1.54, 1.807) is 0 Å². The van der Waals surface area contributed by atoms with E-state index in [1.165, 1.54) is 11.1 Å².